The number of aryl methyl sites for hydroxylation is 1. The number of rotatable bonds is 4. The zero-order valence-electron chi connectivity index (χ0n) is 12.8. The van der Waals surface area contributed by atoms with Crippen LogP contribution in [0, 0.1) is 17.0 Å². The fourth-order valence-electron chi connectivity index (χ4n) is 2.25. The van der Waals surface area contributed by atoms with Crippen LogP contribution in [-0.2, 0) is 6.54 Å². The van der Waals surface area contributed by atoms with Crippen molar-refractivity contribution in [1.29, 1.82) is 0 Å². The van der Waals surface area contributed by atoms with E-state index in [4.69, 9.17) is 0 Å². The Morgan fingerprint density at radius 3 is 2.83 bits per heavy atom. The molecule has 3 aromatic rings. The van der Waals surface area contributed by atoms with Gasteiger partial charge in [-0.1, -0.05) is 34.8 Å². The first-order chi connectivity index (χ1) is 11.5. The smallest absolute Gasteiger partial charge is 0.312 e. The summed E-state index contributed by atoms with van der Waals surface area (Å²) in [7, 11) is 0. The van der Waals surface area contributed by atoms with E-state index in [1.807, 2.05) is 29.7 Å². The summed E-state index contributed by atoms with van der Waals surface area (Å²) in [6, 6.07) is 8.79. The molecule has 0 radical (unpaired) electrons. The summed E-state index contributed by atoms with van der Waals surface area (Å²) in [6.45, 7) is 6.28. The van der Waals surface area contributed by atoms with Crippen LogP contribution in [0.4, 0.5) is 5.00 Å². The van der Waals surface area contributed by atoms with Crippen molar-refractivity contribution in [3.8, 4) is 0 Å². The predicted molar refractivity (Wildman–Crippen MR) is 95.6 cm³/mol. The number of carbonyl (C=O) groups excluding carboxylic acids is 1. The van der Waals surface area contributed by atoms with Gasteiger partial charge in [0.2, 0.25) is 0 Å². The van der Waals surface area contributed by atoms with Crippen molar-refractivity contribution in [3.63, 3.8) is 0 Å². The standard InChI is InChI=1S/C16H13N3O3S2/c1-3-8-18-11-5-4-10(2)9-13(11)24-16(18)17-15(20)12-6-7-14(23-12)19(21)22/h3-7,9H,1,8H2,2H3. The van der Waals surface area contributed by atoms with E-state index in [1.165, 1.54) is 23.5 Å². The van der Waals surface area contributed by atoms with Gasteiger partial charge in [-0.25, -0.2) is 0 Å². The van der Waals surface area contributed by atoms with Gasteiger partial charge in [0.15, 0.2) is 4.80 Å². The van der Waals surface area contributed by atoms with E-state index in [0.29, 0.717) is 11.3 Å². The molecule has 0 saturated carbocycles. The summed E-state index contributed by atoms with van der Waals surface area (Å²) in [6.07, 6.45) is 1.74. The van der Waals surface area contributed by atoms with E-state index in [-0.39, 0.29) is 9.88 Å². The molecule has 2 heterocycles. The molecule has 0 aliphatic heterocycles. The quantitative estimate of drug-likeness (QED) is 0.402. The van der Waals surface area contributed by atoms with Gasteiger partial charge in [0.1, 0.15) is 4.88 Å². The lowest BCUT2D eigenvalue weighted by Gasteiger charge is -2.00. The number of thiophene rings is 1. The van der Waals surface area contributed by atoms with Gasteiger partial charge in [-0.05, 0) is 30.7 Å². The first-order valence-electron chi connectivity index (χ1n) is 7.04. The molecule has 0 spiro atoms. The van der Waals surface area contributed by atoms with Crippen LogP contribution in [0.1, 0.15) is 15.2 Å². The average molecular weight is 359 g/mol. The molecular formula is C16H13N3O3S2. The highest BCUT2D eigenvalue weighted by Gasteiger charge is 2.15. The molecule has 0 saturated heterocycles. The van der Waals surface area contributed by atoms with E-state index in [1.54, 1.807) is 6.08 Å². The number of carbonyl (C=O) groups is 1. The summed E-state index contributed by atoms with van der Waals surface area (Å²) in [5.74, 6) is -0.478. The Bertz CT molecular complexity index is 1030. The van der Waals surface area contributed by atoms with Gasteiger partial charge >= 0.3 is 5.00 Å². The van der Waals surface area contributed by atoms with Crippen LogP contribution in [0.2, 0.25) is 0 Å². The van der Waals surface area contributed by atoms with Crippen molar-refractivity contribution in [2.75, 3.05) is 0 Å². The third-order valence-corrected chi connectivity index (χ3v) is 5.40. The van der Waals surface area contributed by atoms with E-state index in [9.17, 15) is 14.9 Å². The lowest BCUT2D eigenvalue weighted by molar-refractivity contribution is -0.380. The maximum absolute atomic E-state index is 12.3. The highest BCUT2D eigenvalue weighted by molar-refractivity contribution is 7.17. The van der Waals surface area contributed by atoms with Crippen molar-refractivity contribution >= 4 is 43.8 Å². The molecule has 24 heavy (non-hydrogen) atoms. The molecule has 3 rings (SSSR count). The Labute approximate surface area is 145 Å². The van der Waals surface area contributed by atoms with Crippen LogP contribution < -0.4 is 4.80 Å². The lowest BCUT2D eigenvalue weighted by Crippen LogP contribution is -2.15. The molecule has 8 heteroatoms. The van der Waals surface area contributed by atoms with E-state index < -0.39 is 10.8 Å². The molecular weight excluding hydrogens is 346 g/mol. The van der Waals surface area contributed by atoms with Gasteiger partial charge in [0.25, 0.3) is 5.91 Å². The highest BCUT2D eigenvalue weighted by atomic mass is 32.1. The Balaban J connectivity index is 2.10. The Hall–Kier alpha value is -2.58. The monoisotopic (exact) mass is 359 g/mol. The van der Waals surface area contributed by atoms with Crippen LogP contribution in [0.5, 0.6) is 0 Å². The molecule has 1 aromatic carbocycles. The number of amides is 1. The summed E-state index contributed by atoms with van der Waals surface area (Å²) >= 11 is 2.24. The number of aromatic nitrogens is 1. The van der Waals surface area contributed by atoms with E-state index in [0.717, 1.165) is 27.1 Å². The fourth-order valence-corrected chi connectivity index (χ4v) is 4.09. The van der Waals surface area contributed by atoms with Gasteiger partial charge < -0.3 is 4.57 Å². The van der Waals surface area contributed by atoms with Crippen molar-refractivity contribution in [1.82, 2.24) is 4.57 Å². The van der Waals surface area contributed by atoms with Crippen molar-refractivity contribution < 1.29 is 9.72 Å². The summed E-state index contributed by atoms with van der Waals surface area (Å²) in [5, 5.41) is 10.7. The fraction of sp³-hybridized carbons (Fsp3) is 0.125. The first-order valence-corrected chi connectivity index (χ1v) is 8.67. The Morgan fingerprint density at radius 2 is 2.17 bits per heavy atom. The highest BCUT2D eigenvalue weighted by Crippen LogP contribution is 2.24. The predicted octanol–water partition coefficient (Wildman–Crippen LogP) is 3.91. The molecule has 0 N–H and O–H groups in total. The third-order valence-electron chi connectivity index (χ3n) is 3.33. The molecule has 0 atom stereocenters. The normalized spacial score (nSPS) is 11.8. The van der Waals surface area contributed by atoms with Gasteiger partial charge in [-0.15, -0.1) is 6.58 Å². The first kappa shape index (κ1) is 16.3. The number of hydrogen-bond donors (Lipinski definition) is 0. The van der Waals surface area contributed by atoms with Crippen molar-refractivity contribution in [2.45, 2.75) is 13.5 Å². The minimum atomic E-state index is -0.512. The van der Waals surface area contributed by atoms with Crippen LogP contribution in [-0.4, -0.2) is 15.4 Å². The molecule has 0 fully saturated rings. The zero-order chi connectivity index (χ0) is 17.3. The molecule has 0 aliphatic rings. The number of thiazole rings is 1. The summed E-state index contributed by atoms with van der Waals surface area (Å²) < 4.78 is 2.94. The van der Waals surface area contributed by atoms with Crippen LogP contribution in [0.3, 0.4) is 0 Å². The van der Waals surface area contributed by atoms with Gasteiger partial charge in [0.05, 0.1) is 15.1 Å². The minimum absolute atomic E-state index is 0.0699. The molecule has 0 aliphatic carbocycles. The second-order valence-electron chi connectivity index (χ2n) is 5.07. The topological polar surface area (TPSA) is 77.5 Å². The van der Waals surface area contributed by atoms with Crippen molar-refractivity contribution in [2.24, 2.45) is 4.99 Å². The van der Waals surface area contributed by atoms with E-state index in [2.05, 4.69) is 11.6 Å². The van der Waals surface area contributed by atoms with Crippen LogP contribution in [0.25, 0.3) is 10.2 Å². The van der Waals surface area contributed by atoms with E-state index >= 15 is 0 Å². The largest absolute Gasteiger partial charge is 0.324 e. The molecule has 0 unspecified atom stereocenters. The average Bonchev–Trinajstić information content (AvgIpc) is 3.13. The number of nitro groups is 1. The Morgan fingerprint density at radius 1 is 1.38 bits per heavy atom. The van der Waals surface area contributed by atoms with Crippen LogP contribution >= 0.6 is 22.7 Å². The molecule has 0 bridgehead atoms. The molecule has 6 nitrogen and oxygen atoms in total. The Kier molecular flexibility index (Phi) is 4.41. The second kappa shape index (κ2) is 6.50. The molecule has 2 aromatic heterocycles. The van der Waals surface area contributed by atoms with Crippen LogP contribution in [0.15, 0.2) is 48.0 Å². The SMILES string of the molecule is C=CCn1c(=NC(=O)c2ccc([N+](=O)[O-])s2)sc2cc(C)ccc21. The number of fused-ring (bicyclic) bond motifs is 1. The van der Waals surface area contributed by atoms with Gasteiger partial charge in [-0.2, -0.15) is 4.99 Å². The van der Waals surface area contributed by atoms with Gasteiger partial charge in [-0.3, -0.25) is 14.9 Å². The van der Waals surface area contributed by atoms with Gasteiger partial charge in [0, 0.05) is 12.6 Å². The number of hydrogen-bond acceptors (Lipinski definition) is 5. The molecule has 122 valence electrons. The third kappa shape index (κ3) is 3.06. The summed E-state index contributed by atoms with van der Waals surface area (Å²) in [4.78, 5) is 27.5. The number of benzene rings is 1. The number of allylic oxidation sites excluding steroid dienone is 1. The number of nitrogens with zero attached hydrogens (tertiary/aromatic N) is 3. The minimum Gasteiger partial charge on any atom is -0.312 e. The second-order valence-corrected chi connectivity index (χ2v) is 7.14. The van der Waals surface area contributed by atoms with Crippen molar-refractivity contribution in [3.05, 3.63) is 68.3 Å². The maximum Gasteiger partial charge on any atom is 0.324 e. The molecule has 1 amide bonds. The zero-order valence-corrected chi connectivity index (χ0v) is 14.4. The summed E-state index contributed by atoms with van der Waals surface area (Å²) in [5.41, 5.74) is 2.11. The maximum atomic E-state index is 12.3. The lowest BCUT2D eigenvalue weighted by atomic mass is 10.2.